The molecule has 6 heteroatoms. The molecule has 0 aliphatic carbocycles. The third kappa shape index (κ3) is 3.51. The Bertz CT molecular complexity index is 566. The van der Waals surface area contributed by atoms with Gasteiger partial charge in [0.05, 0.1) is 17.4 Å². The van der Waals surface area contributed by atoms with E-state index >= 15 is 0 Å². The maximum atomic E-state index is 11.9. The molecule has 1 N–H and O–H groups in total. The number of aromatic nitrogens is 2. The Morgan fingerprint density at radius 3 is 2.47 bits per heavy atom. The molecule has 0 fully saturated rings. The summed E-state index contributed by atoms with van der Waals surface area (Å²) in [6.07, 6.45) is 3.14. The second-order valence-corrected chi connectivity index (χ2v) is 4.94. The average Bonchev–Trinajstić information content (AvgIpc) is 2.40. The van der Waals surface area contributed by atoms with E-state index in [1.807, 2.05) is 31.1 Å². The Morgan fingerprint density at radius 2 is 1.95 bits per heavy atom. The molecule has 0 radical (unpaired) electrons. The molecule has 0 saturated carbocycles. The van der Waals surface area contributed by atoms with Crippen LogP contribution in [0.15, 0.2) is 41.3 Å². The number of pyridine rings is 2. The molecule has 0 bridgehead atoms. The molecule has 19 heavy (non-hydrogen) atoms. The lowest BCUT2D eigenvalue weighted by atomic mass is 10.2. The first-order valence-corrected chi connectivity index (χ1v) is 6.42. The molecule has 0 spiro atoms. The van der Waals surface area contributed by atoms with Crippen LogP contribution in [0.25, 0.3) is 0 Å². The average molecular weight is 321 g/mol. The first-order chi connectivity index (χ1) is 9.06. The lowest BCUT2D eigenvalue weighted by molar-refractivity contribution is 0.102. The standard InChI is InChI=1S/C13H13BrN4O/c1-18(2)12-6-4-10(8-16-12)17-13(19)9-3-5-11(14)15-7-9/h3-8H,1-2H3,(H,17,19). The molecule has 0 saturated heterocycles. The van der Waals surface area contributed by atoms with E-state index < -0.39 is 0 Å². The van der Waals surface area contributed by atoms with Crippen molar-refractivity contribution < 1.29 is 4.79 Å². The summed E-state index contributed by atoms with van der Waals surface area (Å²) in [4.78, 5) is 22.1. The summed E-state index contributed by atoms with van der Waals surface area (Å²) in [6.45, 7) is 0. The lowest BCUT2D eigenvalue weighted by Gasteiger charge is -2.11. The highest BCUT2D eigenvalue weighted by Crippen LogP contribution is 2.13. The predicted molar refractivity (Wildman–Crippen MR) is 78.5 cm³/mol. The van der Waals surface area contributed by atoms with E-state index in [2.05, 4.69) is 31.2 Å². The van der Waals surface area contributed by atoms with Crippen LogP contribution < -0.4 is 10.2 Å². The highest BCUT2D eigenvalue weighted by Gasteiger charge is 2.07. The summed E-state index contributed by atoms with van der Waals surface area (Å²) < 4.78 is 0.695. The van der Waals surface area contributed by atoms with E-state index in [0.29, 0.717) is 15.9 Å². The first-order valence-electron chi connectivity index (χ1n) is 5.62. The Labute approximate surface area is 119 Å². The smallest absolute Gasteiger partial charge is 0.257 e. The predicted octanol–water partition coefficient (Wildman–Crippen LogP) is 2.56. The van der Waals surface area contributed by atoms with Gasteiger partial charge < -0.3 is 10.2 Å². The second-order valence-electron chi connectivity index (χ2n) is 4.12. The van der Waals surface area contributed by atoms with Crippen LogP contribution in [0.1, 0.15) is 10.4 Å². The number of hydrogen-bond acceptors (Lipinski definition) is 4. The van der Waals surface area contributed by atoms with Gasteiger partial charge in [-0.2, -0.15) is 0 Å². The number of hydrogen-bond donors (Lipinski definition) is 1. The molecule has 2 aromatic rings. The molecule has 2 rings (SSSR count). The molecule has 98 valence electrons. The molecule has 1 amide bonds. The molecule has 5 nitrogen and oxygen atoms in total. The minimum atomic E-state index is -0.209. The zero-order valence-corrected chi connectivity index (χ0v) is 12.2. The van der Waals surface area contributed by atoms with Gasteiger partial charge in [0.25, 0.3) is 5.91 Å². The minimum absolute atomic E-state index is 0.209. The van der Waals surface area contributed by atoms with Crippen LogP contribution in [0.4, 0.5) is 11.5 Å². The van der Waals surface area contributed by atoms with Gasteiger partial charge in [-0.15, -0.1) is 0 Å². The van der Waals surface area contributed by atoms with Crippen LogP contribution in [0, 0.1) is 0 Å². The van der Waals surface area contributed by atoms with Gasteiger partial charge in [0, 0.05) is 20.3 Å². The van der Waals surface area contributed by atoms with Crippen LogP contribution >= 0.6 is 15.9 Å². The van der Waals surface area contributed by atoms with Crippen LogP contribution in [-0.4, -0.2) is 30.0 Å². The Morgan fingerprint density at radius 1 is 1.16 bits per heavy atom. The van der Waals surface area contributed by atoms with Crippen molar-refractivity contribution in [3.8, 4) is 0 Å². The summed E-state index contributed by atoms with van der Waals surface area (Å²) in [7, 11) is 3.82. The highest BCUT2D eigenvalue weighted by atomic mass is 79.9. The maximum absolute atomic E-state index is 11.9. The number of anilines is 2. The summed E-state index contributed by atoms with van der Waals surface area (Å²) in [5, 5.41) is 2.77. The van der Waals surface area contributed by atoms with Gasteiger partial charge in [0.1, 0.15) is 10.4 Å². The van der Waals surface area contributed by atoms with E-state index in [-0.39, 0.29) is 5.91 Å². The number of halogens is 1. The van der Waals surface area contributed by atoms with Crippen molar-refractivity contribution in [3.63, 3.8) is 0 Å². The van der Waals surface area contributed by atoms with Gasteiger partial charge in [-0.1, -0.05) is 0 Å². The van der Waals surface area contributed by atoms with Crippen LogP contribution in [0.5, 0.6) is 0 Å². The van der Waals surface area contributed by atoms with Crippen molar-refractivity contribution in [1.29, 1.82) is 0 Å². The van der Waals surface area contributed by atoms with E-state index in [1.54, 1.807) is 18.3 Å². The molecule has 0 atom stereocenters. The number of carbonyl (C=O) groups excluding carboxylic acids is 1. The first kappa shape index (κ1) is 13.5. The van der Waals surface area contributed by atoms with E-state index in [9.17, 15) is 4.79 Å². The Hall–Kier alpha value is -1.95. The quantitative estimate of drug-likeness (QED) is 0.883. The SMILES string of the molecule is CN(C)c1ccc(NC(=O)c2ccc(Br)nc2)cn1. The zero-order valence-electron chi connectivity index (χ0n) is 10.6. The molecule has 0 aromatic carbocycles. The summed E-state index contributed by atoms with van der Waals surface area (Å²) in [5.41, 5.74) is 1.15. The summed E-state index contributed by atoms with van der Waals surface area (Å²) in [6, 6.07) is 7.08. The number of nitrogens with zero attached hydrogens (tertiary/aromatic N) is 3. The third-order valence-corrected chi connectivity index (χ3v) is 2.92. The van der Waals surface area contributed by atoms with Crippen LogP contribution in [-0.2, 0) is 0 Å². The topological polar surface area (TPSA) is 58.1 Å². The van der Waals surface area contributed by atoms with Crippen molar-refractivity contribution in [2.24, 2.45) is 0 Å². The molecule has 2 heterocycles. The van der Waals surface area contributed by atoms with Gasteiger partial charge in [-0.25, -0.2) is 9.97 Å². The number of carbonyl (C=O) groups is 1. The monoisotopic (exact) mass is 320 g/mol. The largest absolute Gasteiger partial charge is 0.363 e. The molecule has 0 aliphatic rings. The van der Waals surface area contributed by atoms with Gasteiger partial charge in [-0.05, 0) is 40.2 Å². The van der Waals surface area contributed by atoms with Gasteiger partial charge in [-0.3, -0.25) is 4.79 Å². The van der Waals surface area contributed by atoms with Crippen molar-refractivity contribution in [2.75, 3.05) is 24.3 Å². The van der Waals surface area contributed by atoms with E-state index in [1.165, 1.54) is 6.20 Å². The van der Waals surface area contributed by atoms with E-state index in [0.717, 1.165) is 5.82 Å². The fourth-order valence-electron chi connectivity index (χ4n) is 1.44. The third-order valence-electron chi connectivity index (χ3n) is 2.45. The second kappa shape index (κ2) is 5.79. The molecule has 0 unspecified atom stereocenters. The lowest BCUT2D eigenvalue weighted by Crippen LogP contribution is -2.13. The number of nitrogens with one attached hydrogen (secondary N) is 1. The van der Waals surface area contributed by atoms with Gasteiger partial charge >= 0.3 is 0 Å². The fourth-order valence-corrected chi connectivity index (χ4v) is 1.67. The Balaban J connectivity index is 2.08. The maximum Gasteiger partial charge on any atom is 0.257 e. The number of rotatable bonds is 3. The summed E-state index contributed by atoms with van der Waals surface area (Å²) in [5.74, 6) is 0.628. The van der Waals surface area contributed by atoms with Crippen molar-refractivity contribution in [3.05, 3.63) is 46.8 Å². The molecule has 0 aliphatic heterocycles. The normalized spacial score (nSPS) is 10.1. The van der Waals surface area contributed by atoms with Gasteiger partial charge in [0.15, 0.2) is 0 Å². The van der Waals surface area contributed by atoms with Crippen LogP contribution in [0.2, 0.25) is 0 Å². The zero-order chi connectivity index (χ0) is 13.8. The Kier molecular flexibility index (Phi) is 4.11. The molecular weight excluding hydrogens is 308 g/mol. The van der Waals surface area contributed by atoms with Crippen molar-refractivity contribution >= 4 is 33.3 Å². The van der Waals surface area contributed by atoms with Crippen molar-refractivity contribution in [1.82, 2.24) is 9.97 Å². The molecule has 2 aromatic heterocycles. The molecular formula is C13H13BrN4O. The fraction of sp³-hybridized carbons (Fsp3) is 0.154. The van der Waals surface area contributed by atoms with Gasteiger partial charge in [0.2, 0.25) is 0 Å². The van der Waals surface area contributed by atoms with Crippen molar-refractivity contribution in [2.45, 2.75) is 0 Å². The minimum Gasteiger partial charge on any atom is -0.363 e. The number of amides is 1. The van der Waals surface area contributed by atoms with Crippen LogP contribution in [0.3, 0.4) is 0 Å². The van der Waals surface area contributed by atoms with E-state index in [4.69, 9.17) is 0 Å². The summed E-state index contributed by atoms with van der Waals surface area (Å²) >= 11 is 3.23. The highest BCUT2D eigenvalue weighted by molar-refractivity contribution is 9.10.